The molecule has 4 unspecified atom stereocenters. The van der Waals surface area contributed by atoms with Crippen molar-refractivity contribution in [3.8, 4) is 0 Å². The molecule has 120 valence electrons. The second kappa shape index (κ2) is 5.03. The fraction of sp³-hybridized carbons (Fsp3) is 0.692. The molecule has 3 aliphatic rings. The molecular formula is C13H15NO8. The van der Waals surface area contributed by atoms with Gasteiger partial charge < -0.3 is 19.3 Å². The molecule has 3 saturated heterocycles. The SMILES string of the molecule is CO[C@H]1C(OC(C)=O)C2O[C@H]1C1C(=O)N(CC(=O)O)C(=O)C21. The largest absolute Gasteiger partial charge is 0.480 e. The molecular weight excluding hydrogens is 298 g/mol. The van der Waals surface area contributed by atoms with Crippen LogP contribution < -0.4 is 0 Å². The molecule has 0 spiro atoms. The maximum atomic E-state index is 12.3. The Bertz CT molecular complexity index is 560. The van der Waals surface area contributed by atoms with Crippen molar-refractivity contribution in [2.75, 3.05) is 13.7 Å². The van der Waals surface area contributed by atoms with Gasteiger partial charge in [-0.25, -0.2) is 0 Å². The lowest BCUT2D eigenvalue weighted by Crippen LogP contribution is -2.50. The van der Waals surface area contributed by atoms with E-state index < -0.39 is 66.5 Å². The van der Waals surface area contributed by atoms with E-state index in [1.165, 1.54) is 14.0 Å². The van der Waals surface area contributed by atoms with E-state index in [1.807, 2.05) is 0 Å². The first-order chi connectivity index (χ1) is 10.4. The number of methoxy groups -OCH3 is 1. The summed E-state index contributed by atoms with van der Waals surface area (Å²) in [5.74, 6) is -4.60. The Hall–Kier alpha value is -2.00. The molecule has 0 aromatic rings. The molecule has 0 aliphatic carbocycles. The van der Waals surface area contributed by atoms with Gasteiger partial charge in [0.2, 0.25) is 11.8 Å². The first-order valence-corrected chi connectivity index (χ1v) is 6.79. The summed E-state index contributed by atoms with van der Waals surface area (Å²) in [5, 5.41) is 8.82. The predicted octanol–water partition coefficient (Wildman–Crippen LogP) is -1.60. The third kappa shape index (κ3) is 1.92. The van der Waals surface area contributed by atoms with Crippen LogP contribution in [0.5, 0.6) is 0 Å². The standard InChI is InChI=1S/C13H15NO8/c1-4(15)21-11-9-7-6(8(22-9)10(11)20-2)12(18)14(13(7)19)3-5(16)17/h6-11H,3H2,1-2H3,(H,16,17)/t6?,7?,8-,9?,10+,11?/m0/s1. The average Bonchev–Trinajstić information content (AvgIpc) is 3.03. The number of amides is 2. The van der Waals surface area contributed by atoms with E-state index in [2.05, 4.69) is 0 Å². The lowest BCUT2D eigenvalue weighted by molar-refractivity contribution is -0.159. The van der Waals surface area contributed by atoms with Crippen LogP contribution in [0.4, 0.5) is 0 Å². The van der Waals surface area contributed by atoms with Gasteiger partial charge in [0.15, 0.2) is 6.10 Å². The normalized spacial score (nSPS) is 39.3. The lowest BCUT2D eigenvalue weighted by Gasteiger charge is -2.30. The van der Waals surface area contributed by atoms with Gasteiger partial charge in [0.1, 0.15) is 24.9 Å². The van der Waals surface area contributed by atoms with Gasteiger partial charge in [-0.2, -0.15) is 0 Å². The topological polar surface area (TPSA) is 119 Å². The van der Waals surface area contributed by atoms with Gasteiger partial charge in [0.25, 0.3) is 0 Å². The third-order valence-corrected chi connectivity index (χ3v) is 4.35. The number of rotatable bonds is 4. The van der Waals surface area contributed by atoms with Gasteiger partial charge in [-0.15, -0.1) is 0 Å². The van der Waals surface area contributed by atoms with Gasteiger partial charge >= 0.3 is 11.9 Å². The number of carbonyl (C=O) groups is 4. The summed E-state index contributed by atoms with van der Waals surface area (Å²) in [4.78, 5) is 47.4. The molecule has 3 heterocycles. The van der Waals surface area contributed by atoms with Crippen molar-refractivity contribution in [2.24, 2.45) is 11.8 Å². The summed E-state index contributed by atoms with van der Waals surface area (Å²) < 4.78 is 16.1. The predicted molar refractivity (Wildman–Crippen MR) is 66.3 cm³/mol. The molecule has 9 heteroatoms. The average molecular weight is 313 g/mol. The summed E-state index contributed by atoms with van der Waals surface area (Å²) >= 11 is 0. The first-order valence-electron chi connectivity index (χ1n) is 6.79. The van der Waals surface area contributed by atoms with Crippen LogP contribution >= 0.6 is 0 Å². The number of fused-ring (bicyclic) bond motifs is 5. The highest BCUT2D eigenvalue weighted by atomic mass is 16.6. The zero-order valence-corrected chi connectivity index (χ0v) is 11.9. The van der Waals surface area contributed by atoms with Crippen LogP contribution in [0.15, 0.2) is 0 Å². The molecule has 9 nitrogen and oxygen atoms in total. The van der Waals surface area contributed by atoms with E-state index in [0.717, 1.165) is 4.90 Å². The lowest BCUT2D eigenvalue weighted by atomic mass is 9.78. The van der Waals surface area contributed by atoms with Crippen molar-refractivity contribution in [1.29, 1.82) is 0 Å². The quantitative estimate of drug-likeness (QED) is 0.487. The van der Waals surface area contributed by atoms with Gasteiger partial charge in [-0.3, -0.25) is 24.1 Å². The van der Waals surface area contributed by atoms with E-state index in [1.54, 1.807) is 0 Å². The minimum Gasteiger partial charge on any atom is -0.480 e. The molecule has 1 N–H and O–H groups in total. The van der Waals surface area contributed by atoms with E-state index in [4.69, 9.17) is 19.3 Å². The van der Waals surface area contributed by atoms with E-state index >= 15 is 0 Å². The van der Waals surface area contributed by atoms with Crippen LogP contribution in [0.1, 0.15) is 6.92 Å². The van der Waals surface area contributed by atoms with Crippen LogP contribution in [0, 0.1) is 11.8 Å². The van der Waals surface area contributed by atoms with Crippen LogP contribution in [-0.2, 0) is 33.4 Å². The molecule has 0 radical (unpaired) electrons. The number of esters is 1. The van der Waals surface area contributed by atoms with Crippen molar-refractivity contribution in [3.05, 3.63) is 0 Å². The first kappa shape index (κ1) is 14.9. The van der Waals surface area contributed by atoms with Crippen LogP contribution in [0.2, 0.25) is 0 Å². The van der Waals surface area contributed by atoms with Gasteiger partial charge in [-0.1, -0.05) is 0 Å². The molecule has 3 rings (SSSR count). The number of imide groups is 1. The Balaban J connectivity index is 1.89. The smallest absolute Gasteiger partial charge is 0.323 e. The highest BCUT2D eigenvalue weighted by Gasteiger charge is 2.70. The zero-order chi connectivity index (χ0) is 16.2. The number of carbonyl (C=O) groups excluding carboxylic acids is 3. The summed E-state index contributed by atoms with van der Waals surface area (Å²) in [6.45, 7) is 0.550. The van der Waals surface area contributed by atoms with E-state index in [-0.39, 0.29) is 0 Å². The van der Waals surface area contributed by atoms with E-state index in [0.29, 0.717) is 0 Å². The highest BCUT2D eigenvalue weighted by molar-refractivity contribution is 6.08. The highest BCUT2D eigenvalue weighted by Crippen LogP contribution is 2.50. The zero-order valence-electron chi connectivity index (χ0n) is 11.9. The molecule has 3 aliphatic heterocycles. The van der Waals surface area contributed by atoms with Gasteiger partial charge in [0, 0.05) is 14.0 Å². The second-order valence-corrected chi connectivity index (χ2v) is 5.55. The molecule has 22 heavy (non-hydrogen) atoms. The second-order valence-electron chi connectivity index (χ2n) is 5.55. The Morgan fingerprint density at radius 3 is 2.18 bits per heavy atom. The monoisotopic (exact) mass is 313 g/mol. The summed E-state index contributed by atoms with van der Waals surface area (Å²) in [7, 11) is 1.40. The number of likely N-dealkylation sites (tertiary alicyclic amines) is 1. The van der Waals surface area contributed by atoms with Crippen molar-refractivity contribution in [1.82, 2.24) is 4.90 Å². The van der Waals surface area contributed by atoms with Crippen molar-refractivity contribution in [3.63, 3.8) is 0 Å². The number of ether oxygens (including phenoxy) is 3. The molecule has 0 aromatic heterocycles. The third-order valence-electron chi connectivity index (χ3n) is 4.35. The minimum atomic E-state index is -1.27. The summed E-state index contributed by atoms with van der Waals surface area (Å²) in [5.41, 5.74) is 0. The molecule has 3 fully saturated rings. The molecule has 6 atom stereocenters. The molecule has 2 amide bonds. The molecule has 0 aromatic carbocycles. The summed E-state index contributed by atoms with van der Waals surface area (Å²) in [6.07, 6.45) is -2.95. The molecule has 2 bridgehead atoms. The van der Waals surface area contributed by atoms with Crippen molar-refractivity contribution >= 4 is 23.8 Å². The van der Waals surface area contributed by atoms with Gasteiger partial charge in [-0.05, 0) is 0 Å². The maximum absolute atomic E-state index is 12.3. The van der Waals surface area contributed by atoms with E-state index in [9.17, 15) is 19.2 Å². The fourth-order valence-electron chi connectivity index (χ4n) is 3.64. The summed E-state index contributed by atoms with van der Waals surface area (Å²) in [6, 6.07) is 0. The fourth-order valence-corrected chi connectivity index (χ4v) is 3.64. The number of hydrogen-bond donors (Lipinski definition) is 1. The number of nitrogens with zero attached hydrogens (tertiary/aromatic N) is 1. The molecule has 0 saturated carbocycles. The number of hydrogen-bond acceptors (Lipinski definition) is 7. The van der Waals surface area contributed by atoms with Crippen LogP contribution in [-0.4, -0.2) is 71.8 Å². The Kier molecular flexibility index (Phi) is 3.41. The number of aliphatic carboxylic acids is 1. The number of carboxylic acids is 1. The minimum absolute atomic E-state index is 0.543. The Labute approximate surface area is 125 Å². The van der Waals surface area contributed by atoms with Gasteiger partial charge in [0.05, 0.1) is 11.8 Å². The van der Waals surface area contributed by atoms with Crippen molar-refractivity contribution in [2.45, 2.75) is 31.3 Å². The number of carboxylic acid groups (broad SMARTS) is 1. The Morgan fingerprint density at radius 1 is 1.18 bits per heavy atom. The van der Waals surface area contributed by atoms with Crippen molar-refractivity contribution < 1.29 is 38.5 Å². The maximum Gasteiger partial charge on any atom is 0.323 e. The Morgan fingerprint density at radius 2 is 1.73 bits per heavy atom. The van der Waals surface area contributed by atoms with Crippen LogP contribution in [0.3, 0.4) is 0 Å². The van der Waals surface area contributed by atoms with Crippen LogP contribution in [0.25, 0.3) is 0 Å².